The molecule has 0 aliphatic carbocycles. The number of rotatable bonds is 1. The third kappa shape index (κ3) is 1.89. The summed E-state index contributed by atoms with van der Waals surface area (Å²) in [4.78, 5) is 8.85. The zero-order valence-electron chi connectivity index (χ0n) is 9.59. The Balaban J connectivity index is 2.18. The van der Waals surface area contributed by atoms with E-state index in [1.54, 1.807) is 0 Å². The molecule has 2 heterocycles. The van der Waals surface area contributed by atoms with Crippen LogP contribution in [0.1, 0.15) is 5.56 Å². The second-order valence-electron chi connectivity index (χ2n) is 4.14. The highest BCUT2D eigenvalue weighted by atomic mass is 14.7. The Hall–Kier alpha value is -2.22. The third-order valence-corrected chi connectivity index (χ3v) is 2.77. The van der Waals surface area contributed by atoms with Crippen LogP contribution in [-0.2, 0) is 0 Å². The van der Waals surface area contributed by atoms with Gasteiger partial charge in [-0.05, 0) is 30.7 Å². The summed E-state index contributed by atoms with van der Waals surface area (Å²) in [5.74, 6) is 0. The van der Waals surface area contributed by atoms with Crippen molar-refractivity contribution in [3.8, 4) is 11.3 Å². The van der Waals surface area contributed by atoms with Crippen molar-refractivity contribution < 1.29 is 0 Å². The number of benzene rings is 1. The van der Waals surface area contributed by atoms with Gasteiger partial charge in [-0.25, -0.2) is 4.98 Å². The molecule has 0 atom stereocenters. The van der Waals surface area contributed by atoms with Gasteiger partial charge in [0.1, 0.15) is 0 Å². The fraction of sp³-hybridized carbons (Fsp3) is 0.0667. The van der Waals surface area contributed by atoms with Crippen LogP contribution in [0.5, 0.6) is 0 Å². The largest absolute Gasteiger partial charge is 0.264 e. The Kier molecular flexibility index (Phi) is 2.33. The van der Waals surface area contributed by atoms with E-state index in [0.29, 0.717) is 0 Å². The zero-order chi connectivity index (χ0) is 11.7. The zero-order valence-corrected chi connectivity index (χ0v) is 9.59. The lowest BCUT2D eigenvalue weighted by molar-refractivity contribution is 1.25. The number of aromatic nitrogens is 2. The fourth-order valence-corrected chi connectivity index (χ4v) is 1.92. The molecule has 3 rings (SSSR count). The van der Waals surface area contributed by atoms with Crippen LogP contribution in [-0.4, -0.2) is 9.97 Å². The molecule has 0 unspecified atom stereocenters. The molecule has 0 spiro atoms. The Bertz CT molecular complexity index is 674. The van der Waals surface area contributed by atoms with Crippen LogP contribution >= 0.6 is 0 Å². The van der Waals surface area contributed by atoms with Crippen molar-refractivity contribution in [2.24, 2.45) is 0 Å². The lowest BCUT2D eigenvalue weighted by Gasteiger charge is -2.03. The van der Waals surface area contributed by atoms with Gasteiger partial charge in [-0.3, -0.25) is 4.98 Å². The molecule has 0 saturated heterocycles. The van der Waals surface area contributed by atoms with E-state index >= 15 is 0 Å². The van der Waals surface area contributed by atoms with Crippen LogP contribution in [0.3, 0.4) is 0 Å². The smallest absolute Gasteiger partial charge is 0.0725 e. The summed E-state index contributed by atoms with van der Waals surface area (Å²) in [5.41, 5.74) is 4.21. The summed E-state index contributed by atoms with van der Waals surface area (Å²) < 4.78 is 0. The van der Waals surface area contributed by atoms with E-state index < -0.39 is 0 Å². The van der Waals surface area contributed by atoms with Gasteiger partial charge in [-0.1, -0.05) is 24.3 Å². The van der Waals surface area contributed by atoms with E-state index in [0.717, 1.165) is 27.7 Å². The minimum Gasteiger partial charge on any atom is -0.264 e. The highest BCUT2D eigenvalue weighted by molar-refractivity contribution is 5.81. The van der Waals surface area contributed by atoms with Gasteiger partial charge in [0.25, 0.3) is 0 Å². The number of hydrogen-bond acceptors (Lipinski definition) is 2. The van der Waals surface area contributed by atoms with Crippen LogP contribution in [0.2, 0.25) is 0 Å². The molecule has 0 aliphatic rings. The maximum atomic E-state index is 4.65. The first-order valence-electron chi connectivity index (χ1n) is 5.61. The predicted octanol–water partition coefficient (Wildman–Crippen LogP) is 3.61. The molecule has 0 aliphatic heterocycles. The minimum atomic E-state index is 0.972. The Labute approximate surface area is 100.0 Å². The van der Waals surface area contributed by atoms with Crippen LogP contribution in [0, 0.1) is 6.92 Å². The topological polar surface area (TPSA) is 25.8 Å². The van der Waals surface area contributed by atoms with Gasteiger partial charge in [-0.2, -0.15) is 0 Å². The van der Waals surface area contributed by atoms with Crippen LogP contribution in [0.15, 0.2) is 54.9 Å². The van der Waals surface area contributed by atoms with Crippen molar-refractivity contribution in [2.75, 3.05) is 0 Å². The monoisotopic (exact) mass is 220 g/mol. The first-order chi connectivity index (χ1) is 8.33. The minimum absolute atomic E-state index is 0.972. The van der Waals surface area contributed by atoms with Crippen molar-refractivity contribution in [2.45, 2.75) is 6.92 Å². The molecule has 0 saturated carbocycles. The van der Waals surface area contributed by atoms with Crippen LogP contribution in [0.25, 0.3) is 22.2 Å². The molecule has 0 radical (unpaired) electrons. The molecule has 2 nitrogen and oxygen atoms in total. The van der Waals surface area contributed by atoms with Gasteiger partial charge in [0.2, 0.25) is 0 Å². The molecule has 0 fully saturated rings. The van der Waals surface area contributed by atoms with E-state index in [9.17, 15) is 0 Å². The van der Waals surface area contributed by atoms with E-state index in [1.165, 1.54) is 0 Å². The number of hydrogen-bond donors (Lipinski definition) is 0. The highest BCUT2D eigenvalue weighted by Crippen LogP contribution is 2.20. The molecule has 2 aromatic heterocycles. The highest BCUT2D eigenvalue weighted by Gasteiger charge is 2.01. The summed E-state index contributed by atoms with van der Waals surface area (Å²) in [6.07, 6.45) is 3.70. The van der Waals surface area contributed by atoms with Crippen molar-refractivity contribution in [1.29, 1.82) is 0 Å². The normalized spacial score (nSPS) is 10.6. The van der Waals surface area contributed by atoms with Crippen molar-refractivity contribution in [1.82, 2.24) is 9.97 Å². The van der Waals surface area contributed by atoms with Crippen molar-refractivity contribution >= 4 is 10.9 Å². The van der Waals surface area contributed by atoms with Crippen LogP contribution in [0.4, 0.5) is 0 Å². The summed E-state index contributed by atoms with van der Waals surface area (Å²) in [6.45, 7) is 2.04. The van der Waals surface area contributed by atoms with Gasteiger partial charge in [-0.15, -0.1) is 0 Å². The number of nitrogens with zero attached hydrogens (tertiary/aromatic N) is 2. The molecule has 0 amide bonds. The summed E-state index contributed by atoms with van der Waals surface area (Å²) in [5, 5.41) is 1.16. The molecule has 2 heteroatoms. The Morgan fingerprint density at radius 3 is 2.71 bits per heavy atom. The number of para-hydroxylation sites is 1. The second kappa shape index (κ2) is 3.98. The molecule has 17 heavy (non-hydrogen) atoms. The van der Waals surface area contributed by atoms with Gasteiger partial charge >= 0.3 is 0 Å². The average molecular weight is 220 g/mol. The molecular formula is C15H12N2. The standard InChI is InChI=1S/C15H12N2/c1-11-8-13(10-16-9-11)15-7-6-12-4-2-3-5-14(12)17-15/h2-10H,1H3. The number of aryl methyl sites for hydroxylation is 1. The molecule has 82 valence electrons. The first kappa shape index (κ1) is 9.97. The lowest BCUT2D eigenvalue weighted by Crippen LogP contribution is -1.87. The second-order valence-corrected chi connectivity index (χ2v) is 4.14. The van der Waals surface area contributed by atoms with E-state index in [-0.39, 0.29) is 0 Å². The number of pyridine rings is 2. The Morgan fingerprint density at radius 2 is 1.82 bits per heavy atom. The van der Waals surface area contributed by atoms with Gasteiger partial charge in [0, 0.05) is 23.3 Å². The quantitative estimate of drug-likeness (QED) is 0.626. The summed E-state index contributed by atoms with van der Waals surface area (Å²) >= 11 is 0. The van der Waals surface area contributed by atoms with Crippen LogP contribution < -0.4 is 0 Å². The lowest BCUT2D eigenvalue weighted by atomic mass is 10.1. The van der Waals surface area contributed by atoms with E-state index in [1.807, 2.05) is 43.6 Å². The van der Waals surface area contributed by atoms with Gasteiger partial charge < -0.3 is 0 Å². The number of fused-ring (bicyclic) bond motifs is 1. The Morgan fingerprint density at radius 1 is 0.941 bits per heavy atom. The molecule has 0 N–H and O–H groups in total. The van der Waals surface area contributed by atoms with E-state index in [2.05, 4.69) is 28.2 Å². The van der Waals surface area contributed by atoms with Crippen molar-refractivity contribution in [3.05, 3.63) is 60.4 Å². The molecule has 3 aromatic rings. The molecular weight excluding hydrogens is 208 g/mol. The fourth-order valence-electron chi connectivity index (χ4n) is 1.92. The third-order valence-electron chi connectivity index (χ3n) is 2.77. The van der Waals surface area contributed by atoms with Gasteiger partial charge in [0.15, 0.2) is 0 Å². The summed E-state index contributed by atoms with van der Waals surface area (Å²) in [6, 6.07) is 14.4. The summed E-state index contributed by atoms with van der Waals surface area (Å²) in [7, 11) is 0. The first-order valence-corrected chi connectivity index (χ1v) is 5.61. The van der Waals surface area contributed by atoms with Gasteiger partial charge in [0.05, 0.1) is 11.2 Å². The maximum Gasteiger partial charge on any atom is 0.0725 e. The molecule has 1 aromatic carbocycles. The SMILES string of the molecule is Cc1cncc(-c2ccc3ccccc3n2)c1. The van der Waals surface area contributed by atoms with E-state index in [4.69, 9.17) is 0 Å². The van der Waals surface area contributed by atoms with Crippen molar-refractivity contribution in [3.63, 3.8) is 0 Å². The average Bonchev–Trinajstić information content (AvgIpc) is 2.38. The maximum absolute atomic E-state index is 4.65. The molecule has 0 bridgehead atoms. The predicted molar refractivity (Wildman–Crippen MR) is 69.7 cm³/mol.